The van der Waals surface area contributed by atoms with Crippen LogP contribution in [0.2, 0.25) is 10.0 Å². The molecule has 1 saturated heterocycles. The summed E-state index contributed by atoms with van der Waals surface area (Å²) in [5, 5.41) is 3.86. The van der Waals surface area contributed by atoms with Gasteiger partial charge in [0.15, 0.2) is 0 Å². The van der Waals surface area contributed by atoms with Crippen molar-refractivity contribution in [1.29, 1.82) is 0 Å². The molecule has 0 aromatic heterocycles. The van der Waals surface area contributed by atoms with Crippen molar-refractivity contribution in [3.8, 4) is 0 Å². The van der Waals surface area contributed by atoms with Gasteiger partial charge in [-0.3, -0.25) is 4.79 Å². The molecule has 0 spiro atoms. The molecule has 1 amide bonds. The molecule has 1 heterocycles. The molecule has 0 aliphatic carbocycles. The second kappa shape index (κ2) is 5.71. The Morgan fingerprint density at radius 2 is 1.76 bits per heavy atom. The Labute approximate surface area is 110 Å². The fourth-order valence-corrected chi connectivity index (χ4v) is 2.36. The number of hydrogen-bond donors (Lipinski definition) is 1. The van der Waals surface area contributed by atoms with Gasteiger partial charge in [-0.1, -0.05) is 23.2 Å². The number of ether oxygens (including phenoxy) is 1. The summed E-state index contributed by atoms with van der Waals surface area (Å²) >= 11 is 11.7. The van der Waals surface area contributed by atoms with Crippen LogP contribution in [0.1, 0.15) is 12.8 Å². The first-order valence-electron chi connectivity index (χ1n) is 5.50. The minimum absolute atomic E-state index is 0.00614. The number of carbonyl (C=O) groups is 1. The van der Waals surface area contributed by atoms with Gasteiger partial charge in [-0.05, 0) is 31.0 Å². The van der Waals surface area contributed by atoms with Crippen molar-refractivity contribution in [3.05, 3.63) is 28.2 Å². The van der Waals surface area contributed by atoms with Gasteiger partial charge >= 0.3 is 0 Å². The molecule has 1 aliphatic rings. The van der Waals surface area contributed by atoms with Crippen LogP contribution < -0.4 is 5.32 Å². The lowest BCUT2D eigenvalue weighted by Crippen LogP contribution is -2.28. The number of hydrogen-bond acceptors (Lipinski definition) is 2. The molecule has 0 atom stereocenters. The second-order valence-electron chi connectivity index (χ2n) is 4.03. The molecule has 1 aliphatic heterocycles. The van der Waals surface area contributed by atoms with Crippen LogP contribution in [0.3, 0.4) is 0 Å². The fourth-order valence-electron chi connectivity index (χ4n) is 1.83. The lowest BCUT2D eigenvalue weighted by molar-refractivity contribution is -0.122. The van der Waals surface area contributed by atoms with Crippen molar-refractivity contribution in [1.82, 2.24) is 0 Å². The smallest absolute Gasteiger partial charge is 0.227 e. The van der Waals surface area contributed by atoms with Gasteiger partial charge in [0.2, 0.25) is 5.91 Å². The number of nitrogens with one attached hydrogen (secondary N) is 1. The summed E-state index contributed by atoms with van der Waals surface area (Å²) in [7, 11) is 0. The van der Waals surface area contributed by atoms with E-state index in [1.807, 2.05) is 0 Å². The van der Waals surface area contributed by atoms with E-state index >= 15 is 0 Å². The van der Waals surface area contributed by atoms with Crippen LogP contribution in [-0.4, -0.2) is 19.1 Å². The van der Waals surface area contributed by atoms with E-state index in [0.29, 0.717) is 28.9 Å². The summed E-state index contributed by atoms with van der Waals surface area (Å²) in [6.45, 7) is 1.29. The molecule has 0 unspecified atom stereocenters. The first-order chi connectivity index (χ1) is 8.15. The number of halogens is 2. The third-order valence-corrected chi connectivity index (χ3v) is 3.16. The molecule has 1 fully saturated rings. The summed E-state index contributed by atoms with van der Waals surface area (Å²) in [5.74, 6) is 0.0214. The molecule has 17 heavy (non-hydrogen) atoms. The number of rotatable bonds is 2. The normalized spacial score (nSPS) is 16.8. The quantitative estimate of drug-likeness (QED) is 0.898. The Morgan fingerprint density at radius 3 is 2.35 bits per heavy atom. The zero-order valence-corrected chi connectivity index (χ0v) is 10.7. The van der Waals surface area contributed by atoms with Crippen LogP contribution in [0.5, 0.6) is 0 Å². The van der Waals surface area contributed by atoms with Crippen LogP contribution in [0.15, 0.2) is 18.2 Å². The molecule has 1 aromatic carbocycles. The first-order valence-corrected chi connectivity index (χ1v) is 6.25. The van der Waals surface area contributed by atoms with E-state index in [9.17, 15) is 4.79 Å². The van der Waals surface area contributed by atoms with Crippen LogP contribution >= 0.6 is 23.2 Å². The maximum absolute atomic E-state index is 11.9. The Morgan fingerprint density at radius 1 is 1.18 bits per heavy atom. The molecule has 2 rings (SSSR count). The zero-order chi connectivity index (χ0) is 12.3. The first kappa shape index (κ1) is 12.7. The highest BCUT2D eigenvalue weighted by Gasteiger charge is 2.21. The van der Waals surface area contributed by atoms with Crippen molar-refractivity contribution < 1.29 is 9.53 Å². The van der Waals surface area contributed by atoms with E-state index in [4.69, 9.17) is 27.9 Å². The second-order valence-corrected chi connectivity index (χ2v) is 4.91. The number of anilines is 1. The van der Waals surface area contributed by atoms with Crippen LogP contribution in [-0.2, 0) is 9.53 Å². The highest BCUT2D eigenvalue weighted by atomic mass is 35.5. The van der Waals surface area contributed by atoms with Gasteiger partial charge in [0, 0.05) is 34.9 Å². The zero-order valence-electron chi connectivity index (χ0n) is 9.21. The van der Waals surface area contributed by atoms with Gasteiger partial charge in [-0.15, -0.1) is 0 Å². The maximum Gasteiger partial charge on any atom is 0.227 e. The Hall–Kier alpha value is -0.770. The monoisotopic (exact) mass is 273 g/mol. The predicted molar refractivity (Wildman–Crippen MR) is 68.6 cm³/mol. The van der Waals surface area contributed by atoms with Gasteiger partial charge < -0.3 is 10.1 Å². The molecule has 3 nitrogen and oxygen atoms in total. The highest BCUT2D eigenvalue weighted by molar-refractivity contribution is 6.35. The Bertz CT molecular complexity index is 397. The molecule has 1 N–H and O–H groups in total. The van der Waals surface area contributed by atoms with Gasteiger partial charge in [-0.2, -0.15) is 0 Å². The molecule has 5 heteroatoms. The van der Waals surface area contributed by atoms with E-state index in [2.05, 4.69) is 5.32 Å². The highest BCUT2D eigenvalue weighted by Crippen LogP contribution is 2.24. The third-order valence-electron chi connectivity index (χ3n) is 2.72. The van der Waals surface area contributed by atoms with E-state index < -0.39 is 0 Å². The number of carbonyl (C=O) groups excluding carboxylic acids is 1. The minimum atomic E-state index is 0.00614. The fraction of sp³-hybridized carbons (Fsp3) is 0.417. The largest absolute Gasteiger partial charge is 0.381 e. The van der Waals surface area contributed by atoms with Crippen molar-refractivity contribution >= 4 is 34.8 Å². The van der Waals surface area contributed by atoms with E-state index in [-0.39, 0.29) is 11.8 Å². The van der Waals surface area contributed by atoms with Gasteiger partial charge in [-0.25, -0.2) is 0 Å². The Kier molecular flexibility index (Phi) is 4.26. The molecule has 0 radical (unpaired) electrons. The molecule has 1 aromatic rings. The van der Waals surface area contributed by atoms with Gasteiger partial charge in [0.1, 0.15) is 0 Å². The van der Waals surface area contributed by atoms with Crippen molar-refractivity contribution in [3.63, 3.8) is 0 Å². The van der Waals surface area contributed by atoms with E-state index in [1.165, 1.54) is 0 Å². The molecular formula is C12H13Cl2NO2. The molecule has 0 saturated carbocycles. The van der Waals surface area contributed by atoms with Crippen LogP contribution in [0.4, 0.5) is 5.69 Å². The SMILES string of the molecule is O=C(Nc1cc(Cl)cc(Cl)c1)C1CCOCC1. The summed E-state index contributed by atoms with van der Waals surface area (Å²) in [4.78, 5) is 11.9. The summed E-state index contributed by atoms with van der Waals surface area (Å²) in [6, 6.07) is 5.00. The standard InChI is InChI=1S/C12H13Cl2NO2/c13-9-5-10(14)7-11(6-9)15-12(16)8-1-3-17-4-2-8/h5-8H,1-4H2,(H,15,16). The maximum atomic E-state index is 11.9. The average molecular weight is 274 g/mol. The van der Waals surface area contributed by atoms with Crippen molar-refractivity contribution in [2.24, 2.45) is 5.92 Å². The summed E-state index contributed by atoms with van der Waals surface area (Å²) in [6.07, 6.45) is 1.53. The number of benzene rings is 1. The lowest BCUT2D eigenvalue weighted by atomic mass is 9.99. The molecular weight excluding hydrogens is 261 g/mol. The third kappa shape index (κ3) is 3.60. The average Bonchev–Trinajstić information content (AvgIpc) is 2.28. The van der Waals surface area contributed by atoms with Gasteiger partial charge in [0.05, 0.1) is 0 Å². The molecule has 0 bridgehead atoms. The molecule has 92 valence electrons. The lowest BCUT2D eigenvalue weighted by Gasteiger charge is -2.21. The van der Waals surface area contributed by atoms with Crippen LogP contribution in [0.25, 0.3) is 0 Å². The predicted octanol–water partition coefficient (Wildman–Crippen LogP) is 3.36. The Balaban J connectivity index is 2.01. The van der Waals surface area contributed by atoms with Crippen molar-refractivity contribution in [2.45, 2.75) is 12.8 Å². The van der Waals surface area contributed by atoms with E-state index in [0.717, 1.165) is 12.8 Å². The van der Waals surface area contributed by atoms with Crippen LogP contribution in [0, 0.1) is 5.92 Å². The number of amides is 1. The van der Waals surface area contributed by atoms with Crippen molar-refractivity contribution in [2.75, 3.05) is 18.5 Å². The minimum Gasteiger partial charge on any atom is -0.381 e. The summed E-state index contributed by atoms with van der Waals surface area (Å²) in [5.41, 5.74) is 0.638. The topological polar surface area (TPSA) is 38.3 Å². The van der Waals surface area contributed by atoms with Gasteiger partial charge in [0.25, 0.3) is 0 Å². The van der Waals surface area contributed by atoms with E-state index in [1.54, 1.807) is 18.2 Å². The summed E-state index contributed by atoms with van der Waals surface area (Å²) < 4.78 is 5.22.